The summed E-state index contributed by atoms with van der Waals surface area (Å²) in [6.07, 6.45) is 0. The van der Waals surface area contributed by atoms with Crippen LogP contribution in [0.25, 0.3) is 22.3 Å². The van der Waals surface area contributed by atoms with Crippen LogP contribution >= 0.6 is 0 Å². The maximum Gasteiger partial charge on any atom is 0.0843 e. The SMILES string of the molecule is CC1=C(C)C(C)C([SiH2]c2cccc(-c3cccc(C)c3)c2-c2cccc(C)c2)=C1C. The smallest absolute Gasteiger partial charge is 0.0727 e. The average molecular weight is 409 g/mol. The first kappa shape index (κ1) is 20.6. The van der Waals surface area contributed by atoms with Crippen LogP contribution in [0.3, 0.4) is 0 Å². The monoisotopic (exact) mass is 408 g/mol. The van der Waals surface area contributed by atoms with Gasteiger partial charge in [0.2, 0.25) is 0 Å². The van der Waals surface area contributed by atoms with Crippen molar-refractivity contribution in [3.8, 4) is 22.3 Å². The number of aryl methyl sites for hydroxylation is 2. The Balaban J connectivity index is 1.91. The minimum Gasteiger partial charge on any atom is -0.0727 e. The molecule has 0 saturated carbocycles. The van der Waals surface area contributed by atoms with Crippen molar-refractivity contribution in [2.45, 2.75) is 41.5 Å². The molecule has 3 aromatic carbocycles. The van der Waals surface area contributed by atoms with Gasteiger partial charge in [0.05, 0.1) is 9.52 Å². The van der Waals surface area contributed by atoms with Gasteiger partial charge < -0.3 is 0 Å². The van der Waals surface area contributed by atoms with Gasteiger partial charge in [-0.05, 0) is 68.4 Å². The summed E-state index contributed by atoms with van der Waals surface area (Å²) in [5.41, 5.74) is 12.7. The lowest BCUT2D eigenvalue weighted by Crippen LogP contribution is -2.23. The summed E-state index contributed by atoms with van der Waals surface area (Å²) >= 11 is 0. The van der Waals surface area contributed by atoms with E-state index in [0.717, 1.165) is 0 Å². The Morgan fingerprint density at radius 2 is 1.27 bits per heavy atom. The van der Waals surface area contributed by atoms with E-state index in [-0.39, 0.29) is 0 Å². The van der Waals surface area contributed by atoms with Gasteiger partial charge in [0.15, 0.2) is 0 Å². The van der Waals surface area contributed by atoms with Gasteiger partial charge in [-0.25, -0.2) is 0 Å². The van der Waals surface area contributed by atoms with Crippen LogP contribution in [0, 0.1) is 19.8 Å². The lowest BCUT2D eigenvalue weighted by molar-refractivity contribution is 0.856. The molecule has 0 aromatic heterocycles. The highest BCUT2D eigenvalue weighted by atomic mass is 28.2. The summed E-state index contributed by atoms with van der Waals surface area (Å²) in [4.78, 5) is 0. The van der Waals surface area contributed by atoms with Gasteiger partial charge in [0.1, 0.15) is 0 Å². The molecule has 1 aliphatic carbocycles. The molecular formula is C29H32Si. The zero-order chi connectivity index (χ0) is 21.4. The average Bonchev–Trinajstić information content (AvgIpc) is 2.91. The highest BCUT2D eigenvalue weighted by molar-refractivity contribution is 6.63. The normalized spacial score (nSPS) is 16.9. The number of hydrogen-bond acceptors (Lipinski definition) is 0. The van der Waals surface area contributed by atoms with Crippen LogP contribution in [-0.2, 0) is 0 Å². The zero-order valence-corrected chi connectivity index (χ0v) is 20.5. The van der Waals surface area contributed by atoms with E-state index < -0.39 is 9.52 Å². The minimum atomic E-state index is -0.577. The van der Waals surface area contributed by atoms with E-state index in [9.17, 15) is 0 Å². The Labute approximate surface area is 184 Å². The molecule has 30 heavy (non-hydrogen) atoms. The lowest BCUT2D eigenvalue weighted by atomic mass is 9.93. The summed E-state index contributed by atoms with van der Waals surface area (Å²) in [6.45, 7) is 13.7. The van der Waals surface area contributed by atoms with Crippen molar-refractivity contribution in [3.05, 3.63) is 99.8 Å². The fourth-order valence-corrected chi connectivity index (χ4v) is 7.26. The number of rotatable bonds is 4. The van der Waals surface area contributed by atoms with Gasteiger partial charge in [0, 0.05) is 0 Å². The van der Waals surface area contributed by atoms with E-state index >= 15 is 0 Å². The molecular weight excluding hydrogens is 376 g/mol. The van der Waals surface area contributed by atoms with Crippen molar-refractivity contribution in [2.24, 2.45) is 5.92 Å². The predicted octanol–water partition coefficient (Wildman–Crippen LogP) is 6.69. The first-order chi connectivity index (χ1) is 14.4. The molecule has 1 atom stereocenters. The zero-order valence-electron chi connectivity index (χ0n) is 19.1. The number of allylic oxidation sites excluding steroid dienone is 4. The number of benzene rings is 3. The second-order valence-electron chi connectivity index (χ2n) is 8.94. The molecule has 0 radical (unpaired) electrons. The van der Waals surface area contributed by atoms with Gasteiger partial charge in [-0.2, -0.15) is 0 Å². The lowest BCUT2D eigenvalue weighted by Gasteiger charge is -2.19. The fourth-order valence-electron chi connectivity index (χ4n) is 4.88. The third-order valence-electron chi connectivity index (χ3n) is 6.98. The Bertz CT molecular complexity index is 1180. The second-order valence-corrected chi connectivity index (χ2v) is 10.8. The summed E-state index contributed by atoms with van der Waals surface area (Å²) in [7, 11) is -0.577. The second kappa shape index (κ2) is 8.24. The van der Waals surface area contributed by atoms with Gasteiger partial charge in [0.25, 0.3) is 0 Å². The van der Waals surface area contributed by atoms with Crippen molar-refractivity contribution in [2.75, 3.05) is 0 Å². The van der Waals surface area contributed by atoms with Crippen molar-refractivity contribution < 1.29 is 0 Å². The standard InChI is InChI=1S/C29H32Si/c1-18-10-7-12-24(16-18)26-14-9-15-27(28(26)25-13-8-11-19(2)17-25)30-29-22(5)20(3)21(4)23(29)6/h7-17,22H,30H2,1-6H3. The largest absolute Gasteiger partial charge is 0.0843 e. The Morgan fingerprint density at radius 3 is 1.87 bits per heavy atom. The maximum absolute atomic E-state index is 2.40. The van der Waals surface area contributed by atoms with Crippen molar-refractivity contribution >= 4 is 14.7 Å². The van der Waals surface area contributed by atoms with Crippen molar-refractivity contribution in [1.82, 2.24) is 0 Å². The van der Waals surface area contributed by atoms with E-state index in [0.29, 0.717) is 5.92 Å². The molecule has 4 rings (SSSR count). The van der Waals surface area contributed by atoms with E-state index in [4.69, 9.17) is 0 Å². The van der Waals surface area contributed by atoms with E-state index in [2.05, 4.69) is 108 Å². The maximum atomic E-state index is 2.40. The van der Waals surface area contributed by atoms with Crippen LogP contribution in [0.5, 0.6) is 0 Å². The molecule has 3 aromatic rings. The van der Waals surface area contributed by atoms with E-state index in [1.807, 2.05) is 0 Å². The third kappa shape index (κ3) is 3.75. The summed E-state index contributed by atoms with van der Waals surface area (Å²) < 4.78 is 0. The molecule has 0 amide bonds. The Morgan fingerprint density at radius 1 is 0.667 bits per heavy atom. The van der Waals surface area contributed by atoms with E-state index in [1.54, 1.807) is 21.5 Å². The van der Waals surface area contributed by atoms with E-state index in [1.165, 1.54) is 39.0 Å². The molecule has 0 fully saturated rings. The van der Waals surface area contributed by atoms with Gasteiger partial charge in [-0.1, -0.05) is 106 Å². The number of hydrogen-bond donors (Lipinski definition) is 0. The van der Waals surface area contributed by atoms with Gasteiger partial charge in [-0.15, -0.1) is 0 Å². The predicted molar refractivity (Wildman–Crippen MR) is 135 cm³/mol. The minimum absolute atomic E-state index is 0.577. The van der Waals surface area contributed by atoms with Crippen LogP contribution in [0.1, 0.15) is 38.8 Å². The molecule has 0 aliphatic heterocycles. The van der Waals surface area contributed by atoms with Crippen molar-refractivity contribution in [3.63, 3.8) is 0 Å². The molecule has 152 valence electrons. The first-order valence-corrected chi connectivity index (χ1v) is 12.4. The molecule has 0 saturated heterocycles. The molecule has 1 heteroatoms. The quantitative estimate of drug-likeness (QED) is 0.422. The Hall–Kier alpha value is -2.64. The summed E-state index contributed by atoms with van der Waals surface area (Å²) in [5, 5.41) is 3.27. The molecule has 0 nitrogen and oxygen atoms in total. The molecule has 0 heterocycles. The van der Waals surface area contributed by atoms with Crippen LogP contribution in [-0.4, -0.2) is 9.52 Å². The molecule has 0 N–H and O–H groups in total. The highest BCUT2D eigenvalue weighted by Crippen LogP contribution is 2.37. The molecule has 1 unspecified atom stereocenters. The highest BCUT2D eigenvalue weighted by Gasteiger charge is 2.25. The van der Waals surface area contributed by atoms with Crippen LogP contribution in [0.15, 0.2) is 88.6 Å². The van der Waals surface area contributed by atoms with Crippen molar-refractivity contribution in [1.29, 1.82) is 0 Å². The van der Waals surface area contributed by atoms with Crippen LogP contribution in [0.4, 0.5) is 0 Å². The molecule has 1 aliphatic rings. The fraction of sp³-hybridized carbons (Fsp3) is 0.241. The summed E-state index contributed by atoms with van der Waals surface area (Å²) in [6, 6.07) is 24.9. The molecule has 0 bridgehead atoms. The van der Waals surface area contributed by atoms with Crippen LogP contribution in [0.2, 0.25) is 0 Å². The Kier molecular flexibility index (Phi) is 5.66. The topological polar surface area (TPSA) is 0 Å². The van der Waals surface area contributed by atoms with Gasteiger partial charge in [-0.3, -0.25) is 0 Å². The molecule has 0 spiro atoms. The summed E-state index contributed by atoms with van der Waals surface area (Å²) in [5.74, 6) is 0.588. The first-order valence-electron chi connectivity index (χ1n) is 11.0. The van der Waals surface area contributed by atoms with Crippen LogP contribution < -0.4 is 5.19 Å². The third-order valence-corrected chi connectivity index (χ3v) is 9.47. The van der Waals surface area contributed by atoms with Gasteiger partial charge >= 0.3 is 0 Å².